The van der Waals surface area contributed by atoms with Crippen LogP contribution in [0, 0.1) is 5.92 Å². The number of hydrogen-bond donors (Lipinski definition) is 0. The minimum Gasteiger partial charge on any atom is -0.488 e. The fourth-order valence-electron chi connectivity index (χ4n) is 6.06. The topological polar surface area (TPSA) is 85.7 Å². The summed E-state index contributed by atoms with van der Waals surface area (Å²) in [4.78, 5) is 23.0. The molecule has 9 nitrogen and oxygen atoms in total. The van der Waals surface area contributed by atoms with E-state index in [0.29, 0.717) is 18.5 Å². The number of anilines is 1. The molecule has 1 aromatic carbocycles. The van der Waals surface area contributed by atoms with Gasteiger partial charge in [0, 0.05) is 55.7 Å². The maximum Gasteiger partial charge on any atom is 0.316 e. The van der Waals surface area contributed by atoms with Crippen LogP contribution in [-0.2, 0) is 11.2 Å². The molecule has 2 aromatic heterocycles. The van der Waals surface area contributed by atoms with Crippen molar-refractivity contribution < 1.29 is 14.2 Å². The summed E-state index contributed by atoms with van der Waals surface area (Å²) in [5.74, 6) is 1.44. The lowest BCUT2D eigenvalue weighted by Gasteiger charge is -2.31. The van der Waals surface area contributed by atoms with Crippen LogP contribution in [0.15, 0.2) is 36.8 Å². The van der Waals surface area contributed by atoms with Gasteiger partial charge in [0.2, 0.25) is 0 Å². The molecule has 39 heavy (non-hydrogen) atoms. The monoisotopic (exact) mass is 532 g/mol. The molecule has 2 aliphatic heterocycles. The summed E-state index contributed by atoms with van der Waals surface area (Å²) in [6.07, 6.45) is 14.7. The molecule has 0 bridgehead atoms. The van der Waals surface area contributed by atoms with E-state index in [0.717, 1.165) is 93.1 Å². The van der Waals surface area contributed by atoms with Gasteiger partial charge in [-0.25, -0.2) is 15.0 Å². The molecular weight excluding hydrogens is 492 g/mol. The molecular formula is C30H40N6O3. The maximum atomic E-state index is 6.60. The second kappa shape index (κ2) is 12.9. The molecule has 2 saturated heterocycles. The van der Waals surface area contributed by atoms with Gasteiger partial charge >= 0.3 is 6.01 Å². The van der Waals surface area contributed by atoms with Gasteiger partial charge in [0.25, 0.3) is 0 Å². The molecule has 6 rings (SSSR count). The number of morpholine rings is 1. The standard InChI is InChI=1S/C30H40N6O3/c1-2-12-35(13-3-1)14-19-38-30-33-9-8-24(34-30)20-23-4-6-26(7-5-23)39-28-22-25(36-15-17-37-18-16-36)21-27-29(28)32-11-10-31-27/h8-11,21-23,26H,1-7,12-20H2. The molecule has 4 heterocycles. The molecule has 0 radical (unpaired) electrons. The van der Waals surface area contributed by atoms with Crippen molar-refractivity contribution in [3.8, 4) is 11.8 Å². The van der Waals surface area contributed by atoms with Gasteiger partial charge in [0.15, 0.2) is 0 Å². The molecule has 0 atom stereocenters. The van der Waals surface area contributed by atoms with Crippen LogP contribution < -0.4 is 14.4 Å². The van der Waals surface area contributed by atoms with E-state index >= 15 is 0 Å². The van der Waals surface area contributed by atoms with Crippen LogP contribution in [0.4, 0.5) is 5.69 Å². The van der Waals surface area contributed by atoms with E-state index in [1.807, 2.05) is 12.3 Å². The Hall–Kier alpha value is -3.04. The average Bonchev–Trinajstić information content (AvgIpc) is 2.99. The first-order valence-electron chi connectivity index (χ1n) is 14.7. The van der Waals surface area contributed by atoms with Crippen LogP contribution in [-0.4, -0.2) is 83.5 Å². The summed E-state index contributed by atoms with van der Waals surface area (Å²) in [5, 5.41) is 0. The fraction of sp³-hybridized carbons (Fsp3) is 0.600. The molecule has 0 N–H and O–H groups in total. The predicted molar refractivity (Wildman–Crippen MR) is 150 cm³/mol. The zero-order chi connectivity index (χ0) is 26.3. The van der Waals surface area contributed by atoms with Crippen LogP contribution in [0.25, 0.3) is 11.0 Å². The van der Waals surface area contributed by atoms with Gasteiger partial charge in [0.1, 0.15) is 17.9 Å². The lowest BCUT2D eigenvalue weighted by Crippen LogP contribution is -2.36. The number of rotatable bonds is 9. The van der Waals surface area contributed by atoms with Gasteiger partial charge in [0.05, 0.1) is 24.8 Å². The van der Waals surface area contributed by atoms with Crippen LogP contribution in [0.2, 0.25) is 0 Å². The number of ether oxygens (including phenoxy) is 3. The van der Waals surface area contributed by atoms with Crippen LogP contribution >= 0.6 is 0 Å². The van der Waals surface area contributed by atoms with Gasteiger partial charge < -0.3 is 19.1 Å². The Morgan fingerprint density at radius 1 is 0.872 bits per heavy atom. The Kier molecular flexibility index (Phi) is 8.65. The number of fused-ring (bicyclic) bond motifs is 1. The Bertz CT molecular complexity index is 1210. The lowest BCUT2D eigenvalue weighted by atomic mass is 9.84. The number of piperidine rings is 1. The average molecular weight is 533 g/mol. The highest BCUT2D eigenvalue weighted by molar-refractivity contribution is 5.85. The van der Waals surface area contributed by atoms with Crippen LogP contribution in [0.5, 0.6) is 11.8 Å². The Balaban J connectivity index is 1.02. The molecule has 9 heteroatoms. The zero-order valence-corrected chi connectivity index (χ0v) is 22.8. The van der Waals surface area contributed by atoms with Crippen molar-refractivity contribution in [2.45, 2.75) is 57.5 Å². The van der Waals surface area contributed by atoms with E-state index in [9.17, 15) is 0 Å². The van der Waals surface area contributed by atoms with Crippen LogP contribution in [0.3, 0.4) is 0 Å². The number of benzene rings is 1. The highest BCUT2D eigenvalue weighted by Gasteiger charge is 2.25. The van der Waals surface area contributed by atoms with E-state index in [1.165, 1.54) is 32.4 Å². The van der Waals surface area contributed by atoms with Crippen molar-refractivity contribution in [1.29, 1.82) is 0 Å². The third-order valence-electron chi connectivity index (χ3n) is 8.26. The second-order valence-corrected chi connectivity index (χ2v) is 11.0. The SMILES string of the molecule is c1cc(CC2CCC(Oc3cc(N4CCOCC4)cc4nccnc34)CC2)nc(OCCN2CCCCC2)n1. The van der Waals surface area contributed by atoms with Crippen molar-refractivity contribution in [3.63, 3.8) is 0 Å². The Labute approximate surface area is 230 Å². The maximum absolute atomic E-state index is 6.60. The third kappa shape index (κ3) is 6.94. The molecule has 3 aromatic rings. The minimum absolute atomic E-state index is 0.186. The van der Waals surface area contributed by atoms with E-state index in [2.05, 4.69) is 36.9 Å². The van der Waals surface area contributed by atoms with E-state index in [4.69, 9.17) is 19.2 Å². The summed E-state index contributed by atoms with van der Waals surface area (Å²) < 4.78 is 18.0. The Morgan fingerprint density at radius 3 is 2.54 bits per heavy atom. The van der Waals surface area contributed by atoms with Crippen LogP contribution in [0.1, 0.15) is 50.6 Å². The highest BCUT2D eigenvalue weighted by atomic mass is 16.5. The molecule has 3 fully saturated rings. The first kappa shape index (κ1) is 26.2. The number of likely N-dealkylation sites (tertiary alicyclic amines) is 1. The molecule has 3 aliphatic rings. The van der Waals surface area contributed by atoms with E-state index < -0.39 is 0 Å². The first-order valence-corrected chi connectivity index (χ1v) is 14.7. The zero-order valence-electron chi connectivity index (χ0n) is 22.8. The molecule has 0 amide bonds. The summed E-state index contributed by atoms with van der Waals surface area (Å²) in [6, 6.07) is 6.80. The summed E-state index contributed by atoms with van der Waals surface area (Å²) in [6.45, 7) is 7.22. The van der Waals surface area contributed by atoms with Crippen molar-refractivity contribution in [2.24, 2.45) is 5.92 Å². The molecule has 1 aliphatic carbocycles. The van der Waals surface area contributed by atoms with Crippen molar-refractivity contribution in [1.82, 2.24) is 24.8 Å². The largest absolute Gasteiger partial charge is 0.488 e. The highest BCUT2D eigenvalue weighted by Crippen LogP contribution is 2.34. The van der Waals surface area contributed by atoms with Gasteiger partial charge in [-0.05, 0) is 76.1 Å². The fourth-order valence-corrected chi connectivity index (χ4v) is 6.06. The van der Waals surface area contributed by atoms with Gasteiger partial charge in [-0.15, -0.1) is 0 Å². The normalized spacial score (nSPS) is 22.6. The van der Waals surface area contributed by atoms with Gasteiger partial charge in [-0.1, -0.05) is 6.42 Å². The Morgan fingerprint density at radius 2 is 1.69 bits per heavy atom. The third-order valence-corrected chi connectivity index (χ3v) is 8.26. The summed E-state index contributed by atoms with van der Waals surface area (Å²) in [5.41, 5.74) is 3.92. The quantitative estimate of drug-likeness (QED) is 0.400. The lowest BCUT2D eigenvalue weighted by molar-refractivity contribution is 0.122. The number of hydrogen-bond acceptors (Lipinski definition) is 9. The summed E-state index contributed by atoms with van der Waals surface area (Å²) >= 11 is 0. The van der Waals surface area contributed by atoms with E-state index in [1.54, 1.807) is 12.4 Å². The molecule has 1 saturated carbocycles. The van der Waals surface area contributed by atoms with Gasteiger partial charge in [-0.2, -0.15) is 0 Å². The van der Waals surface area contributed by atoms with E-state index in [-0.39, 0.29) is 6.10 Å². The first-order chi connectivity index (χ1) is 19.3. The van der Waals surface area contributed by atoms with Crippen molar-refractivity contribution >= 4 is 16.7 Å². The van der Waals surface area contributed by atoms with Crippen molar-refractivity contribution in [2.75, 3.05) is 57.4 Å². The molecule has 208 valence electrons. The molecule has 0 spiro atoms. The molecule has 0 unspecified atom stereocenters. The number of aromatic nitrogens is 4. The van der Waals surface area contributed by atoms with Gasteiger partial charge in [-0.3, -0.25) is 9.88 Å². The predicted octanol–water partition coefficient (Wildman–Crippen LogP) is 4.30. The summed E-state index contributed by atoms with van der Waals surface area (Å²) in [7, 11) is 0. The minimum atomic E-state index is 0.186. The smallest absolute Gasteiger partial charge is 0.316 e. The number of nitrogens with zero attached hydrogens (tertiary/aromatic N) is 6. The van der Waals surface area contributed by atoms with Crippen molar-refractivity contribution in [3.05, 3.63) is 42.5 Å². The second-order valence-electron chi connectivity index (χ2n) is 11.0.